The Morgan fingerprint density at radius 1 is 1.08 bits per heavy atom. The number of hydrogen-bond acceptors (Lipinski definition) is 3. The Morgan fingerprint density at radius 2 is 1.76 bits per heavy atom. The molecule has 0 bridgehead atoms. The zero-order valence-electron chi connectivity index (χ0n) is 14.4. The van der Waals surface area contributed by atoms with Crippen molar-refractivity contribution in [1.82, 2.24) is 18.7 Å². The van der Waals surface area contributed by atoms with Crippen LogP contribution in [0.4, 0.5) is 4.39 Å². The van der Waals surface area contributed by atoms with E-state index >= 15 is 0 Å². The van der Waals surface area contributed by atoms with Gasteiger partial charge in [0.15, 0.2) is 11.2 Å². The van der Waals surface area contributed by atoms with Crippen molar-refractivity contribution in [2.75, 3.05) is 0 Å². The van der Waals surface area contributed by atoms with Gasteiger partial charge in [-0.1, -0.05) is 18.2 Å². The van der Waals surface area contributed by atoms with Crippen molar-refractivity contribution < 1.29 is 4.39 Å². The number of fused-ring (bicyclic) bond motifs is 1. The first-order valence-electron chi connectivity index (χ1n) is 8.12. The summed E-state index contributed by atoms with van der Waals surface area (Å²) in [7, 11) is 1.71. The molecule has 7 heteroatoms. The average Bonchev–Trinajstić information content (AvgIpc) is 2.92. The van der Waals surface area contributed by atoms with Crippen LogP contribution in [0.25, 0.3) is 23.3 Å². The predicted octanol–water partition coefficient (Wildman–Crippen LogP) is 2.25. The quantitative estimate of drug-likeness (QED) is 0.730. The summed E-state index contributed by atoms with van der Waals surface area (Å²) in [6, 6.07) is 6.39. The number of nitrogens with zero attached hydrogens (tertiary/aromatic N) is 4. The molecule has 0 saturated heterocycles. The van der Waals surface area contributed by atoms with Gasteiger partial charge >= 0.3 is 5.69 Å². The first-order chi connectivity index (χ1) is 12.0. The lowest BCUT2D eigenvalue weighted by Gasteiger charge is -2.08. The summed E-state index contributed by atoms with van der Waals surface area (Å²) in [4.78, 5) is 29.5. The maximum Gasteiger partial charge on any atom is 0.332 e. The monoisotopic (exact) mass is 342 g/mol. The second kappa shape index (κ2) is 6.51. The molecule has 3 aromatic rings. The van der Waals surface area contributed by atoms with Crippen LogP contribution in [0.3, 0.4) is 0 Å². The fourth-order valence-electron chi connectivity index (χ4n) is 2.87. The molecule has 2 heterocycles. The van der Waals surface area contributed by atoms with Crippen molar-refractivity contribution in [3.8, 4) is 0 Å². The topological polar surface area (TPSA) is 61.8 Å². The molecule has 0 aliphatic carbocycles. The van der Waals surface area contributed by atoms with E-state index in [-0.39, 0.29) is 17.1 Å². The molecule has 6 nitrogen and oxygen atoms in total. The fourth-order valence-corrected chi connectivity index (χ4v) is 2.87. The van der Waals surface area contributed by atoms with Crippen molar-refractivity contribution in [3.05, 3.63) is 62.3 Å². The smallest absolute Gasteiger partial charge is 0.322 e. The Bertz CT molecular complexity index is 1090. The first-order valence-corrected chi connectivity index (χ1v) is 8.12. The SMILES string of the molecule is CCn1c(=O)c2c(nc(/C=C/c3ccccc3F)n2C)n(CC)c1=O. The summed E-state index contributed by atoms with van der Waals surface area (Å²) in [5.41, 5.74) is 0.390. The molecule has 1 aromatic carbocycles. The van der Waals surface area contributed by atoms with Crippen molar-refractivity contribution in [1.29, 1.82) is 0 Å². The summed E-state index contributed by atoms with van der Waals surface area (Å²) >= 11 is 0. The van der Waals surface area contributed by atoms with Gasteiger partial charge in [-0.05, 0) is 32.1 Å². The normalized spacial score (nSPS) is 11.7. The highest BCUT2D eigenvalue weighted by Crippen LogP contribution is 2.14. The van der Waals surface area contributed by atoms with Gasteiger partial charge in [-0.15, -0.1) is 0 Å². The summed E-state index contributed by atoms with van der Waals surface area (Å²) in [5, 5.41) is 0. The number of aryl methyl sites for hydroxylation is 2. The summed E-state index contributed by atoms with van der Waals surface area (Å²) in [6.07, 6.45) is 3.24. The van der Waals surface area contributed by atoms with E-state index in [4.69, 9.17) is 0 Å². The number of imidazole rings is 1. The number of halogens is 1. The molecule has 0 radical (unpaired) electrons. The highest BCUT2D eigenvalue weighted by molar-refractivity contribution is 5.76. The Labute approximate surface area is 143 Å². The molecule has 130 valence electrons. The minimum atomic E-state index is -0.370. The second-order valence-corrected chi connectivity index (χ2v) is 5.63. The van der Waals surface area contributed by atoms with Crippen molar-refractivity contribution >= 4 is 23.3 Å². The molecule has 25 heavy (non-hydrogen) atoms. The number of benzene rings is 1. The Kier molecular flexibility index (Phi) is 4.39. The van der Waals surface area contributed by atoms with Crippen LogP contribution >= 0.6 is 0 Å². The van der Waals surface area contributed by atoms with Crippen LogP contribution in [0.5, 0.6) is 0 Å². The highest BCUT2D eigenvalue weighted by atomic mass is 19.1. The van der Waals surface area contributed by atoms with Crippen LogP contribution in [0.15, 0.2) is 33.9 Å². The lowest BCUT2D eigenvalue weighted by molar-refractivity contribution is 0.604. The molecule has 0 atom stereocenters. The summed E-state index contributed by atoms with van der Waals surface area (Å²) in [5.74, 6) is 0.141. The number of rotatable bonds is 4. The second-order valence-electron chi connectivity index (χ2n) is 5.63. The van der Waals surface area contributed by atoms with Crippen LogP contribution in [0.1, 0.15) is 25.2 Å². The minimum Gasteiger partial charge on any atom is -0.322 e. The van der Waals surface area contributed by atoms with Crippen LogP contribution in [0.2, 0.25) is 0 Å². The van der Waals surface area contributed by atoms with Gasteiger partial charge in [0.05, 0.1) is 0 Å². The van der Waals surface area contributed by atoms with Gasteiger partial charge in [-0.3, -0.25) is 13.9 Å². The molecule has 0 aliphatic heterocycles. The molecular weight excluding hydrogens is 323 g/mol. The molecule has 2 aromatic heterocycles. The summed E-state index contributed by atoms with van der Waals surface area (Å²) < 4.78 is 18.1. The van der Waals surface area contributed by atoms with Crippen LogP contribution in [0, 0.1) is 5.82 Å². The maximum absolute atomic E-state index is 13.8. The van der Waals surface area contributed by atoms with Gasteiger partial charge in [0.2, 0.25) is 0 Å². The maximum atomic E-state index is 13.8. The molecule has 0 aliphatic rings. The molecule has 0 fully saturated rings. The van der Waals surface area contributed by atoms with Gasteiger partial charge in [-0.2, -0.15) is 0 Å². The molecule has 0 saturated carbocycles. The van der Waals surface area contributed by atoms with E-state index in [2.05, 4.69) is 4.98 Å². The third kappa shape index (κ3) is 2.71. The third-order valence-electron chi connectivity index (χ3n) is 4.23. The van der Waals surface area contributed by atoms with E-state index < -0.39 is 0 Å². The van der Waals surface area contributed by atoms with Crippen LogP contribution in [-0.2, 0) is 20.1 Å². The van der Waals surface area contributed by atoms with Gasteiger partial charge in [0, 0.05) is 25.7 Å². The van der Waals surface area contributed by atoms with E-state index in [1.165, 1.54) is 15.2 Å². The largest absolute Gasteiger partial charge is 0.332 e. The molecular formula is C18H19FN4O2. The van der Waals surface area contributed by atoms with Gasteiger partial charge < -0.3 is 4.57 Å². The van der Waals surface area contributed by atoms with E-state index in [1.807, 2.05) is 6.92 Å². The lowest BCUT2D eigenvalue weighted by atomic mass is 10.2. The molecule has 0 spiro atoms. The number of hydrogen-bond donors (Lipinski definition) is 0. The van der Waals surface area contributed by atoms with Gasteiger partial charge in [-0.25, -0.2) is 14.2 Å². The van der Waals surface area contributed by atoms with Crippen LogP contribution in [-0.4, -0.2) is 18.7 Å². The molecule has 0 N–H and O–H groups in total. The van der Waals surface area contributed by atoms with E-state index in [0.717, 1.165) is 0 Å². The zero-order valence-corrected chi connectivity index (χ0v) is 14.4. The molecule has 3 rings (SSSR count). The van der Waals surface area contributed by atoms with Gasteiger partial charge in [0.1, 0.15) is 11.6 Å². The van der Waals surface area contributed by atoms with Crippen LogP contribution < -0.4 is 11.2 Å². The lowest BCUT2D eigenvalue weighted by Crippen LogP contribution is -2.39. The predicted molar refractivity (Wildman–Crippen MR) is 95.9 cm³/mol. The molecule has 0 unspecified atom stereocenters. The van der Waals surface area contributed by atoms with E-state index in [9.17, 15) is 14.0 Å². The van der Waals surface area contributed by atoms with E-state index in [0.29, 0.717) is 35.6 Å². The fraction of sp³-hybridized carbons (Fsp3) is 0.278. The Balaban J connectivity index is 2.24. The third-order valence-corrected chi connectivity index (χ3v) is 4.23. The van der Waals surface area contributed by atoms with Crippen molar-refractivity contribution in [2.24, 2.45) is 7.05 Å². The number of aromatic nitrogens is 4. The van der Waals surface area contributed by atoms with E-state index in [1.54, 1.807) is 48.9 Å². The standard InChI is InChI=1S/C18H19FN4O2/c1-4-22-16-15(17(24)23(5-2)18(22)25)21(3)14(20-16)11-10-12-8-6-7-9-13(12)19/h6-11H,4-5H2,1-3H3/b11-10+. The minimum absolute atomic E-state index is 0.291. The molecule has 0 amide bonds. The first kappa shape index (κ1) is 16.9. The average molecular weight is 342 g/mol. The van der Waals surface area contributed by atoms with Crippen molar-refractivity contribution in [3.63, 3.8) is 0 Å². The Hall–Kier alpha value is -2.96. The Morgan fingerprint density at radius 3 is 2.40 bits per heavy atom. The van der Waals surface area contributed by atoms with Gasteiger partial charge in [0.25, 0.3) is 5.56 Å². The van der Waals surface area contributed by atoms with Crippen molar-refractivity contribution in [2.45, 2.75) is 26.9 Å². The zero-order chi connectivity index (χ0) is 18.1. The highest BCUT2D eigenvalue weighted by Gasteiger charge is 2.17. The summed E-state index contributed by atoms with van der Waals surface area (Å²) in [6.45, 7) is 4.28.